The molecule has 0 radical (unpaired) electrons. The van der Waals surface area contributed by atoms with E-state index in [-0.39, 0.29) is 17.2 Å². The van der Waals surface area contributed by atoms with Crippen molar-refractivity contribution >= 4 is 19.9 Å². The minimum Gasteiger partial charge on any atom is -0.309 e. The normalized spacial score (nSPS) is 15.6. The molecular formula is C12H18N2O4S2. The maximum Gasteiger partial charge on any atom is 0.242 e. The summed E-state index contributed by atoms with van der Waals surface area (Å²) in [6.45, 7) is 1.36. The Kier molecular flexibility index (Phi) is 4.19. The molecule has 0 saturated heterocycles. The van der Waals surface area contributed by atoms with Crippen LogP contribution in [-0.2, 0) is 33.0 Å². The van der Waals surface area contributed by atoms with E-state index in [2.05, 4.69) is 5.32 Å². The molecule has 1 aliphatic rings. The Balaban J connectivity index is 2.21. The Morgan fingerprint density at radius 2 is 1.80 bits per heavy atom. The summed E-state index contributed by atoms with van der Waals surface area (Å²) in [5.74, 6) is -0.185. The van der Waals surface area contributed by atoms with Crippen molar-refractivity contribution in [2.45, 2.75) is 18.0 Å². The molecule has 1 aromatic carbocycles. The van der Waals surface area contributed by atoms with Crippen molar-refractivity contribution in [3.63, 3.8) is 0 Å². The molecule has 0 fully saturated rings. The zero-order valence-electron chi connectivity index (χ0n) is 11.5. The summed E-state index contributed by atoms with van der Waals surface area (Å²) in [5.41, 5.74) is 2.07. The lowest BCUT2D eigenvalue weighted by atomic mass is 10.1. The number of sulfonamides is 1. The summed E-state index contributed by atoms with van der Waals surface area (Å²) in [6, 6.07) is 5.02. The molecule has 0 atom stereocenters. The topological polar surface area (TPSA) is 83.6 Å². The minimum atomic E-state index is -3.64. The van der Waals surface area contributed by atoms with Gasteiger partial charge >= 0.3 is 0 Å². The second-order valence-corrected chi connectivity index (χ2v) is 9.30. The fourth-order valence-electron chi connectivity index (χ4n) is 2.03. The number of nitrogens with zero attached hydrogens (tertiary/aromatic N) is 1. The summed E-state index contributed by atoms with van der Waals surface area (Å²) in [7, 11) is -5.43. The van der Waals surface area contributed by atoms with E-state index in [4.69, 9.17) is 0 Å². The maximum absolute atomic E-state index is 12.4. The Bertz CT molecular complexity index is 711. The number of fused-ring (bicyclic) bond motifs is 1. The van der Waals surface area contributed by atoms with E-state index in [9.17, 15) is 16.8 Å². The Hall–Kier alpha value is -0.960. The van der Waals surface area contributed by atoms with Gasteiger partial charge < -0.3 is 5.32 Å². The van der Waals surface area contributed by atoms with Crippen LogP contribution in [0.15, 0.2) is 23.1 Å². The third kappa shape index (κ3) is 3.38. The van der Waals surface area contributed by atoms with Crippen LogP contribution in [0, 0.1) is 0 Å². The molecule has 0 aromatic heterocycles. The lowest BCUT2D eigenvalue weighted by Crippen LogP contribution is -2.31. The maximum atomic E-state index is 12.4. The molecule has 2 rings (SSSR count). The first kappa shape index (κ1) is 15.4. The van der Waals surface area contributed by atoms with Crippen molar-refractivity contribution < 1.29 is 16.8 Å². The molecule has 112 valence electrons. The van der Waals surface area contributed by atoms with Gasteiger partial charge in [0, 0.05) is 32.9 Å². The third-order valence-electron chi connectivity index (χ3n) is 3.29. The summed E-state index contributed by atoms with van der Waals surface area (Å²) >= 11 is 0. The fourth-order valence-corrected chi connectivity index (χ4v) is 3.97. The van der Waals surface area contributed by atoms with Crippen LogP contribution in [0.25, 0.3) is 0 Å². The van der Waals surface area contributed by atoms with E-state index in [1.165, 1.54) is 7.05 Å². The van der Waals surface area contributed by atoms with E-state index in [0.717, 1.165) is 28.2 Å². The summed E-state index contributed by atoms with van der Waals surface area (Å²) in [4.78, 5) is 0.205. The lowest BCUT2D eigenvalue weighted by molar-refractivity contribution is 0.484. The van der Waals surface area contributed by atoms with Crippen molar-refractivity contribution in [2.75, 3.05) is 25.6 Å². The van der Waals surface area contributed by atoms with Crippen LogP contribution in [0.3, 0.4) is 0 Å². The number of rotatable bonds is 5. The van der Waals surface area contributed by atoms with Gasteiger partial charge in [0.2, 0.25) is 10.0 Å². The zero-order chi connectivity index (χ0) is 15.0. The van der Waals surface area contributed by atoms with Crippen molar-refractivity contribution in [2.24, 2.45) is 0 Å². The van der Waals surface area contributed by atoms with E-state index >= 15 is 0 Å². The van der Waals surface area contributed by atoms with Crippen molar-refractivity contribution in [1.29, 1.82) is 0 Å². The number of hydrogen-bond acceptors (Lipinski definition) is 5. The van der Waals surface area contributed by atoms with Gasteiger partial charge in [-0.15, -0.1) is 0 Å². The molecule has 6 nitrogen and oxygen atoms in total. The first-order valence-corrected chi connectivity index (χ1v) is 9.67. The molecule has 0 bridgehead atoms. The predicted octanol–water partition coefficient (Wildman–Crippen LogP) is -0.0451. The molecule has 0 aliphatic carbocycles. The van der Waals surface area contributed by atoms with Crippen LogP contribution in [0.2, 0.25) is 0 Å². The lowest BCUT2D eigenvalue weighted by Gasteiger charge is -2.17. The highest BCUT2D eigenvalue weighted by atomic mass is 32.2. The minimum absolute atomic E-state index is 0.0451. The molecule has 8 heteroatoms. The average molecular weight is 318 g/mol. The zero-order valence-corrected chi connectivity index (χ0v) is 13.1. The smallest absolute Gasteiger partial charge is 0.242 e. The van der Waals surface area contributed by atoms with E-state index in [0.29, 0.717) is 6.54 Å². The molecule has 0 saturated carbocycles. The van der Waals surface area contributed by atoms with Gasteiger partial charge in [-0.25, -0.2) is 16.8 Å². The van der Waals surface area contributed by atoms with Crippen LogP contribution >= 0.6 is 0 Å². The third-order valence-corrected chi connectivity index (χ3v) is 6.07. The SMILES string of the molecule is CN(CCS(C)(=O)=O)S(=O)(=O)c1ccc2c(c1)CNC2. The number of hydrogen-bond donors (Lipinski definition) is 1. The molecule has 0 unspecified atom stereocenters. The first-order valence-electron chi connectivity index (χ1n) is 6.17. The molecule has 0 spiro atoms. The van der Waals surface area contributed by atoms with E-state index in [1.54, 1.807) is 18.2 Å². The van der Waals surface area contributed by atoms with Gasteiger partial charge in [0.15, 0.2) is 0 Å². The fraction of sp³-hybridized carbons (Fsp3) is 0.500. The van der Waals surface area contributed by atoms with Crippen LogP contribution in [0.5, 0.6) is 0 Å². The largest absolute Gasteiger partial charge is 0.309 e. The van der Waals surface area contributed by atoms with Crippen molar-refractivity contribution in [3.05, 3.63) is 29.3 Å². The average Bonchev–Trinajstić information content (AvgIpc) is 2.81. The van der Waals surface area contributed by atoms with Crippen molar-refractivity contribution in [1.82, 2.24) is 9.62 Å². The summed E-state index contributed by atoms with van der Waals surface area (Å²) < 4.78 is 48.0. The van der Waals surface area contributed by atoms with Crippen molar-refractivity contribution in [3.8, 4) is 0 Å². The van der Waals surface area contributed by atoms with Gasteiger partial charge in [0.1, 0.15) is 9.84 Å². The van der Waals surface area contributed by atoms with Crippen LogP contribution < -0.4 is 5.32 Å². The van der Waals surface area contributed by atoms with Gasteiger partial charge in [-0.1, -0.05) is 6.07 Å². The van der Waals surface area contributed by atoms with Crippen LogP contribution in [0.4, 0.5) is 0 Å². The quantitative estimate of drug-likeness (QED) is 0.823. The Morgan fingerprint density at radius 3 is 2.45 bits per heavy atom. The van der Waals surface area contributed by atoms with Gasteiger partial charge in [0.05, 0.1) is 10.6 Å². The standard InChI is InChI=1S/C12H18N2O4S2/c1-14(5-6-19(2,15)16)20(17,18)12-4-3-10-8-13-9-11(10)7-12/h3-4,7,13H,5-6,8-9H2,1-2H3. The molecule has 20 heavy (non-hydrogen) atoms. The number of benzene rings is 1. The van der Waals surface area contributed by atoms with E-state index < -0.39 is 19.9 Å². The molecule has 1 aromatic rings. The number of nitrogens with one attached hydrogen (secondary N) is 1. The predicted molar refractivity (Wildman–Crippen MR) is 76.5 cm³/mol. The second kappa shape index (κ2) is 5.44. The monoisotopic (exact) mass is 318 g/mol. The molecule has 0 amide bonds. The molecule has 1 N–H and O–H groups in total. The van der Waals surface area contributed by atoms with Crippen LogP contribution in [0.1, 0.15) is 11.1 Å². The molecule has 1 aliphatic heterocycles. The molecular weight excluding hydrogens is 300 g/mol. The molecule has 1 heterocycles. The first-order chi connectivity index (χ1) is 9.20. The highest BCUT2D eigenvalue weighted by molar-refractivity contribution is 7.91. The second-order valence-electron chi connectivity index (χ2n) is 4.99. The summed E-state index contributed by atoms with van der Waals surface area (Å²) in [6.07, 6.45) is 1.09. The van der Waals surface area contributed by atoms with E-state index in [1.807, 2.05) is 0 Å². The Morgan fingerprint density at radius 1 is 1.15 bits per heavy atom. The van der Waals surface area contributed by atoms with Gasteiger partial charge in [0.25, 0.3) is 0 Å². The summed E-state index contributed by atoms with van der Waals surface area (Å²) in [5, 5.41) is 3.15. The van der Waals surface area contributed by atoms with Gasteiger partial charge in [-0.2, -0.15) is 4.31 Å². The van der Waals surface area contributed by atoms with Crippen LogP contribution in [-0.4, -0.2) is 46.7 Å². The highest BCUT2D eigenvalue weighted by Gasteiger charge is 2.23. The number of sulfone groups is 1. The highest BCUT2D eigenvalue weighted by Crippen LogP contribution is 2.22. The van der Waals surface area contributed by atoms with Gasteiger partial charge in [-0.3, -0.25) is 0 Å². The van der Waals surface area contributed by atoms with Gasteiger partial charge in [-0.05, 0) is 23.3 Å². The Labute approximate surface area is 119 Å².